The highest BCUT2D eigenvalue weighted by molar-refractivity contribution is 9.10. The summed E-state index contributed by atoms with van der Waals surface area (Å²) in [5.41, 5.74) is 1.66. The van der Waals surface area contributed by atoms with Crippen LogP contribution in [0.25, 0.3) is 0 Å². The zero-order valence-corrected chi connectivity index (χ0v) is 12.1. The Kier molecular flexibility index (Phi) is 5.44. The molecule has 1 aromatic heterocycles. The van der Waals surface area contributed by atoms with Gasteiger partial charge in [-0.3, -0.25) is 0 Å². The summed E-state index contributed by atoms with van der Waals surface area (Å²) in [5.74, 6) is 7.03. The average molecular weight is 322 g/mol. The summed E-state index contributed by atoms with van der Waals surface area (Å²) in [5, 5.41) is 13.1. The monoisotopic (exact) mass is 321 g/mol. The Morgan fingerprint density at radius 1 is 1.53 bits per heavy atom. The first-order valence-corrected chi connectivity index (χ1v) is 7.11. The normalized spacial score (nSPS) is 14.2. The number of anilines is 2. The minimum absolute atomic E-state index is 0.396. The van der Waals surface area contributed by atoms with Gasteiger partial charge in [-0.1, -0.05) is 0 Å². The summed E-state index contributed by atoms with van der Waals surface area (Å²) < 4.78 is 0.641. The number of nitrogen functional groups attached to an aromatic ring is 1. The predicted octanol–water partition coefficient (Wildman–Crippen LogP) is 1.05. The fourth-order valence-corrected chi connectivity index (χ4v) is 2.41. The number of thioether (sulfide) groups is 1. The van der Waals surface area contributed by atoms with Gasteiger partial charge in [-0.2, -0.15) is 11.8 Å². The minimum atomic E-state index is -0.792. The van der Waals surface area contributed by atoms with Crippen molar-refractivity contribution in [3.63, 3.8) is 0 Å². The number of hydrogen-bond donors (Lipinski definition) is 4. The first-order valence-electron chi connectivity index (χ1n) is 4.92. The second-order valence-electron chi connectivity index (χ2n) is 3.81. The molecule has 0 spiro atoms. The number of nitrogens with one attached hydrogen (secondary N) is 2. The van der Waals surface area contributed by atoms with Crippen LogP contribution in [0.1, 0.15) is 6.92 Å². The molecule has 1 unspecified atom stereocenters. The van der Waals surface area contributed by atoms with Gasteiger partial charge in [0.25, 0.3) is 0 Å². The van der Waals surface area contributed by atoms with Crippen LogP contribution in [0.4, 0.5) is 11.6 Å². The van der Waals surface area contributed by atoms with Crippen LogP contribution in [0, 0.1) is 0 Å². The molecule has 96 valence electrons. The highest BCUT2D eigenvalue weighted by Gasteiger charge is 2.20. The summed E-state index contributed by atoms with van der Waals surface area (Å²) in [7, 11) is 0. The van der Waals surface area contributed by atoms with E-state index in [0.717, 1.165) is 0 Å². The Morgan fingerprint density at radius 3 is 2.76 bits per heavy atom. The van der Waals surface area contributed by atoms with E-state index in [1.54, 1.807) is 18.7 Å². The van der Waals surface area contributed by atoms with Crippen molar-refractivity contribution in [2.45, 2.75) is 12.5 Å². The highest BCUT2D eigenvalue weighted by atomic mass is 79.9. The number of nitrogens with zero attached hydrogens (tertiary/aromatic N) is 2. The third-order valence-corrected chi connectivity index (χ3v) is 3.68. The van der Waals surface area contributed by atoms with E-state index in [-0.39, 0.29) is 0 Å². The molecule has 0 radical (unpaired) electrons. The fourth-order valence-electron chi connectivity index (χ4n) is 1.23. The molecule has 0 amide bonds. The lowest BCUT2D eigenvalue weighted by Crippen LogP contribution is -2.36. The molecule has 6 nitrogen and oxygen atoms in total. The number of nitrogens with two attached hydrogens (primary N) is 1. The van der Waals surface area contributed by atoms with Crippen molar-refractivity contribution in [2.75, 3.05) is 29.3 Å². The second-order valence-corrected chi connectivity index (χ2v) is 5.47. The molecule has 0 fully saturated rings. The van der Waals surface area contributed by atoms with Crippen molar-refractivity contribution in [3.8, 4) is 0 Å². The average Bonchev–Trinajstić information content (AvgIpc) is 2.28. The largest absolute Gasteiger partial charge is 0.387 e. The summed E-state index contributed by atoms with van der Waals surface area (Å²) in [6.45, 7) is 2.17. The molecule has 1 aromatic rings. The van der Waals surface area contributed by atoms with Gasteiger partial charge in [-0.15, -0.1) is 0 Å². The quantitative estimate of drug-likeness (QED) is 0.459. The van der Waals surface area contributed by atoms with Gasteiger partial charge in [0.2, 0.25) is 0 Å². The molecular formula is C9H16BrN5OS. The standard InChI is InChI=1S/C9H16BrN5OS/c1-9(16,4-17-2)3-12-7-6(10)8(15-11)14-5-13-7/h5,16H,3-4,11H2,1-2H3,(H2,12,13,14,15). The topological polar surface area (TPSA) is 96.1 Å². The van der Waals surface area contributed by atoms with Crippen molar-refractivity contribution >= 4 is 39.3 Å². The van der Waals surface area contributed by atoms with Gasteiger partial charge in [0.05, 0.1) is 5.60 Å². The molecule has 0 bridgehead atoms. The van der Waals surface area contributed by atoms with Gasteiger partial charge in [-0.25, -0.2) is 15.8 Å². The number of halogens is 1. The summed E-state index contributed by atoms with van der Waals surface area (Å²) >= 11 is 4.92. The van der Waals surface area contributed by atoms with Gasteiger partial charge in [0.15, 0.2) is 5.82 Å². The third kappa shape index (κ3) is 4.30. The van der Waals surface area contributed by atoms with Crippen molar-refractivity contribution in [3.05, 3.63) is 10.8 Å². The Balaban J connectivity index is 2.69. The number of hydrogen-bond acceptors (Lipinski definition) is 7. The summed E-state index contributed by atoms with van der Waals surface area (Å²) in [6.07, 6.45) is 3.34. The number of aromatic nitrogens is 2. The van der Waals surface area contributed by atoms with E-state index in [1.165, 1.54) is 6.33 Å². The predicted molar refractivity (Wildman–Crippen MR) is 75.0 cm³/mol. The van der Waals surface area contributed by atoms with Crippen LogP contribution >= 0.6 is 27.7 Å². The lowest BCUT2D eigenvalue weighted by Gasteiger charge is -2.23. The van der Waals surface area contributed by atoms with E-state index in [9.17, 15) is 5.11 Å². The van der Waals surface area contributed by atoms with Gasteiger partial charge in [0.1, 0.15) is 16.6 Å². The molecule has 8 heteroatoms. The van der Waals surface area contributed by atoms with E-state index in [4.69, 9.17) is 5.84 Å². The lowest BCUT2D eigenvalue weighted by molar-refractivity contribution is 0.0996. The molecule has 1 atom stereocenters. The van der Waals surface area contributed by atoms with Crippen molar-refractivity contribution in [2.24, 2.45) is 5.84 Å². The van der Waals surface area contributed by atoms with Gasteiger partial charge in [0, 0.05) is 12.3 Å². The Labute approximate surface area is 113 Å². The molecule has 1 heterocycles. The summed E-state index contributed by atoms with van der Waals surface area (Å²) in [4.78, 5) is 8.00. The maximum Gasteiger partial charge on any atom is 0.159 e. The van der Waals surface area contributed by atoms with E-state index in [0.29, 0.717) is 28.4 Å². The van der Waals surface area contributed by atoms with Crippen LogP contribution in [0.3, 0.4) is 0 Å². The smallest absolute Gasteiger partial charge is 0.159 e. The molecule has 0 aliphatic carbocycles. The molecule has 0 aliphatic heterocycles. The van der Waals surface area contributed by atoms with E-state index in [1.807, 2.05) is 6.26 Å². The van der Waals surface area contributed by atoms with Gasteiger partial charge in [-0.05, 0) is 29.1 Å². The first-order chi connectivity index (χ1) is 8.00. The maximum absolute atomic E-state index is 10.0. The first kappa shape index (κ1) is 14.5. The zero-order chi connectivity index (χ0) is 12.9. The molecule has 1 rings (SSSR count). The van der Waals surface area contributed by atoms with Crippen molar-refractivity contribution in [1.29, 1.82) is 0 Å². The molecular weight excluding hydrogens is 306 g/mol. The Bertz CT molecular complexity index is 376. The Hall–Kier alpha value is -0.570. The number of hydrazine groups is 1. The lowest BCUT2D eigenvalue weighted by atomic mass is 10.1. The number of rotatable bonds is 6. The molecule has 0 saturated carbocycles. The van der Waals surface area contributed by atoms with Crippen molar-refractivity contribution in [1.82, 2.24) is 9.97 Å². The SMILES string of the molecule is CSCC(C)(O)CNc1ncnc(NN)c1Br. The maximum atomic E-state index is 10.0. The minimum Gasteiger partial charge on any atom is -0.387 e. The van der Waals surface area contributed by atoms with E-state index >= 15 is 0 Å². The van der Waals surface area contributed by atoms with Crippen LogP contribution in [-0.2, 0) is 0 Å². The van der Waals surface area contributed by atoms with Crippen LogP contribution in [0.5, 0.6) is 0 Å². The van der Waals surface area contributed by atoms with Crippen LogP contribution in [0.15, 0.2) is 10.8 Å². The number of aliphatic hydroxyl groups is 1. The summed E-state index contributed by atoms with van der Waals surface area (Å²) in [6, 6.07) is 0. The fraction of sp³-hybridized carbons (Fsp3) is 0.556. The molecule has 5 N–H and O–H groups in total. The zero-order valence-electron chi connectivity index (χ0n) is 9.70. The van der Waals surface area contributed by atoms with Crippen molar-refractivity contribution < 1.29 is 5.11 Å². The van der Waals surface area contributed by atoms with E-state index in [2.05, 4.69) is 36.6 Å². The molecule has 17 heavy (non-hydrogen) atoms. The molecule has 0 saturated heterocycles. The second kappa shape index (κ2) is 6.39. The molecule has 0 aliphatic rings. The van der Waals surface area contributed by atoms with Crippen LogP contribution < -0.4 is 16.6 Å². The Morgan fingerprint density at radius 2 is 2.18 bits per heavy atom. The highest BCUT2D eigenvalue weighted by Crippen LogP contribution is 2.26. The van der Waals surface area contributed by atoms with E-state index < -0.39 is 5.60 Å². The van der Waals surface area contributed by atoms with Gasteiger partial charge >= 0.3 is 0 Å². The van der Waals surface area contributed by atoms with Gasteiger partial charge < -0.3 is 15.8 Å². The molecule has 0 aromatic carbocycles. The third-order valence-electron chi connectivity index (χ3n) is 2.02. The van der Waals surface area contributed by atoms with Crippen LogP contribution in [0.2, 0.25) is 0 Å². The van der Waals surface area contributed by atoms with Crippen LogP contribution in [-0.4, -0.2) is 39.2 Å².